The molecule has 1 heterocycles. The van der Waals surface area contributed by atoms with E-state index < -0.39 is 5.60 Å². The lowest BCUT2D eigenvalue weighted by atomic mass is 9.95. The third-order valence-electron chi connectivity index (χ3n) is 5.58. The molecule has 0 atom stereocenters. The van der Waals surface area contributed by atoms with Crippen molar-refractivity contribution in [1.82, 2.24) is 5.32 Å². The molecule has 0 spiro atoms. The lowest BCUT2D eigenvalue weighted by Gasteiger charge is -2.27. The van der Waals surface area contributed by atoms with Gasteiger partial charge in [0.25, 0.3) is 5.91 Å². The second-order valence-electron chi connectivity index (χ2n) is 8.67. The fourth-order valence-corrected chi connectivity index (χ4v) is 3.91. The van der Waals surface area contributed by atoms with Crippen molar-refractivity contribution in [1.29, 1.82) is 0 Å². The number of methoxy groups -OCH3 is 2. The number of benzene rings is 2. The molecule has 0 fully saturated rings. The number of unbranched alkanes of at least 4 members (excludes halogenated alkanes) is 2. The number of amides is 1. The first-order chi connectivity index (χ1) is 15.8. The maximum Gasteiger partial charge on any atom is 0.306 e. The molecule has 0 unspecified atom stereocenters. The number of esters is 1. The molecular formula is C26H33NO6. The molecule has 0 aromatic heterocycles. The number of carbonyl (C=O) groups is 2. The van der Waals surface area contributed by atoms with E-state index in [0.717, 1.165) is 36.0 Å². The standard InChI is InChI=1S/C26H33NO6/c1-6-7-8-12-22(28)33-26(2,3)16-32-23-18(13-14-21(30-4)24(23)31-5)17-10-9-11-19-20(17)15-27-25(19)29/h9-11,13-14H,6-8,12,15-16H2,1-5H3,(H,27,29). The summed E-state index contributed by atoms with van der Waals surface area (Å²) in [6.45, 7) is 6.30. The van der Waals surface area contributed by atoms with Gasteiger partial charge in [0.15, 0.2) is 11.5 Å². The van der Waals surface area contributed by atoms with Gasteiger partial charge in [0, 0.05) is 24.1 Å². The molecule has 1 aliphatic rings. The maximum absolute atomic E-state index is 12.3. The van der Waals surface area contributed by atoms with Gasteiger partial charge in [-0.2, -0.15) is 0 Å². The number of nitrogens with one attached hydrogen (secondary N) is 1. The van der Waals surface area contributed by atoms with Gasteiger partial charge in [0.1, 0.15) is 12.2 Å². The predicted octanol–water partition coefficient (Wildman–Crippen LogP) is 4.90. The summed E-state index contributed by atoms with van der Waals surface area (Å²) in [6.07, 6.45) is 3.24. The molecule has 0 saturated heterocycles. The van der Waals surface area contributed by atoms with E-state index in [9.17, 15) is 9.59 Å². The van der Waals surface area contributed by atoms with Crippen molar-refractivity contribution in [3.63, 3.8) is 0 Å². The Morgan fingerprint density at radius 3 is 2.45 bits per heavy atom. The average molecular weight is 456 g/mol. The highest BCUT2D eigenvalue weighted by atomic mass is 16.6. The van der Waals surface area contributed by atoms with Crippen molar-refractivity contribution in [2.45, 2.75) is 58.6 Å². The molecule has 7 nitrogen and oxygen atoms in total. The SMILES string of the molecule is CCCCCC(=O)OC(C)(C)COc1c(-c2cccc3c2CNC3=O)ccc(OC)c1OC. The topological polar surface area (TPSA) is 83.1 Å². The third kappa shape index (κ3) is 5.59. The van der Waals surface area contributed by atoms with Gasteiger partial charge in [-0.15, -0.1) is 0 Å². The minimum atomic E-state index is -0.842. The summed E-state index contributed by atoms with van der Waals surface area (Å²) in [5.41, 5.74) is 2.35. The van der Waals surface area contributed by atoms with Crippen LogP contribution in [0.4, 0.5) is 0 Å². The second-order valence-corrected chi connectivity index (χ2v) is 8.67. The Bertz CT molecular complexity index is 1010. The van der Waals surface area contributed by atoms with Gasteiger partial charge in [0.05, 0.1) is 14.2 Å². The van der Waals surface area contributed by atoms with Crippen molar-refractivity contribution >= 4 is 11.9 Å². The lowest BCUT2D eigenvalue weighted by Crippen LogP contribution is -2.35. The summed E-state index contributed by atoms with van der Waals surface area (Å²) < 4.78 is 23.0. The smallest absolute Gasteiger partial charge is 0.306 e. The van der Waals surface area contributed by atoms with Crippen molar-refractivity contribution in [2.24, 2.45) is 0 Å². The van der Waals surface area contributed by atoms with E-state index in [1.165, 1.54) is 0 Å². The van der Waals surface area contributed by atoms with Crippen LogP contribution >= 0.6 is 0 Å². The Kier molecular flexibility index (Phi) is 7.84. The van der Waals surface area contributed by atoms with Crippen LogP contribution in [0.15, 0.2) is 30.3 Å². The normalized spacial score (nSPS) is 12.7. The number of carbonyl (C=O) groups excluding carboxylic acids is 2. The summed E-state index contributed by atoms with van der Waals surface area (Å²) in [7, 11) is 3.11. The Labute approximate surface area is 195 Å². The van der Waals surface area contributed by atoms with Crippen LogP contribution in [0.1, 0.15) is 62.4 Å². The summed E-state index contributed by atoms with van der Waals surface area (Å²) in [6, 6.07) is 9.31. The molecular weight excluding hydrogens is 422 g/mol. The van der Waals surface area contributed by atoms with Gasteiger partial charge in [-0.25, -0.2) is 0 Å². The first kappa shape index (κ1) is 24.4. The van der Waals surface area contributed by atoms with Crippen molar-refractivity contribution in [3.8, 4) is 28.4 Å². The molecule has 0 radical (unpaired) electrons. The zero-order valence-corrected chi connectivity index (χ0v) is 20.1. The molecule has 0 saturated carbocycles. The van der Waals surface area contributed by atoms with Gasteiger partial charge in [-0.1, -0.05) is 31.9 Å². The van der Waals surface area contributed by atoms with Crippen LogP contribution in [0.2, 0.25) is 0 Å². The second kappa shape index (κ2) is 10.6. The molecule has 1 aliphatic heterocycles. The summed E-state index contributed by atoms with van der Waals surface area (Å²) >= 11 is 0. The number of hydrogen-bond donors (Lipinski definition) is 1. The molecule has 178 valence electrons. The van der Waals surface area contributed by atoms with Gasteiger partial charge in [0.2, 0.25) is 5.75 Å². The van der Waals surface area contributed by atoms with Crippen molar-refractivity contribution in [2.75, 3.05) is 20.8 Å². The van der Waals surface area contributed by atoms with Crippen LogP contribution in [0.3, 0.4) is 0 Å². The zero-order chi connectivity index (χ0) is 24.0. The fourth-order valence-electron chi connectivity index (χ4n) is 3.91. The van der Waals surface area contributed by atoms with E-state index in [1.807, 2.05) is 44.2 Å². The van der Waals surface area contributed by atoms with E-state index in [0.29, 0.717) is 35.8 Å². The summed E-state index contributed by atoms with van der Waals surface area (Å²) in [5, 5.41) is 2.87. The molecule has 1 N–H and O–H groups in total. The highest BCUT2D eigenvalue weighted by Crippen LogP contribution is 2.46. The number of rotatable bonds is 11. The highest BCUT2D eigenvalue weighted by molar-refractivity contribution is 6.01. The summed E-state index contributed by atoms with van der Waals surface area (Å²) in [4.78, 5) is 24.4. The monoisotopic (exact) mass is 455 g/mol. The molecule has 3 rings (SSSR count). The lowest BCUT2D eigenvalue weighted by molar-refractivity contribution is -0.159. The van der Waals surface area contributed by atoms with E-state index in [2.05, 4.69) is 12.2 Å². The first-order valence-electron chi connectivity index (χ1n) is 11.3. The van der Waals surface area contributed by atoms with Crippen LogP contribution < -0.4 is 19.5 Å². The summed E-state index contributed by atoms with van der Waals surface area (Å²) in [5.74, 6) is 1.10. The van der Waals surface area contributed by atoms with Crippen LogP contribution in [-0.4, -0.2) is 38.3 Å². The quantitative estimate of drug-likeness (QED) is 0.384. The molecule has 0 aliphatic carbocycles. The van der Waals surface area contributed by atoms with Gasteiger partial charge in [-0.05, 0) is 49.6 Å². The minimum Gasteiger partial charge on any atom is -0.493 e. The Morgan fingerprint density at radius 1 is 1.00 bits per heavy atom. The molecule has 2 aromatic carbocycles. The van der Waals surface area contributed by atoms with Crippen LogP contribution in [0.5, 0.6) is 17.2 Å². The highest BCUT2D eigenvalue weighted by Gasteiger charge is 2.29. The first-order valence-corrected chi connectivity index (χ1v) is 11.3. The number of fused-ring (bicyclic) bond motifs is 1. The molecule has 2 aromatic rings. The number of ether oxygens (including phenoxy) is 4. The fraction of sp³-hybridized carbons (Fsp3) is 0.462. The van der Waals surface area contributed by atoms with Crippen LogP contribution in [-0.2, 0) is 16.1 Å². The van der Waals surface area contributed by atoms with Crippen LogP contribution in [0.25, 0.3) is 11.1 Å². The Balaban J connectivity index is 1.91. The third-order valence-corrected chi connectivity index (χ3v) is 5.58. The minimum absolute atomic E-state index is 0.0917. The Morgan fingerprint density at radius 2 is 1.76 bits per heavy atom. The van der Waals surface area contributed by atoms with E-state index in [1.54, 1.807) is 14.2 Å². The van der Waals surface area contributed by atoms with E-state index in [4.69, 9.17) is 18.9 Å². The molecule has 33 heavy (non-hydrogen) atoms. The zero-order valence-electron chi connectivity index (χ0n) is 20.1. The average Bonchev–Trinajstić information content (AvgIpc) is 3.17. The van der Waals surface area contributed by atoms with Gasteiger partial charge < -0.3 is 24.3 Å². The largest absolute Gasteiger partial charge is 0.493 e. The van der Waals surface area contributed by atoms with Crippen molar-refractivity contribution < 1.29 is 28.5 Å². The molecule has 1 amide bonds. The molecule has 7 heteroatoms. The van der Waals surface area contributed by atoms with Crippen molar-refractivity contribution in [3.05, 3.63) is 41.5 Å². The van der Waals surface area contributed by atoms with Gasteiger partial charge >= 0.3 is 5.97 Å². The van der Waals surface area contributed by atoms with E-state index in [-0.39, 0.29) is 18.5 Å². The van der Waals surface area contributed by atoms with E-state index >= 15 is 0 Å². The number of hydrogen-bond acceptors (Lipinski definition) is 6. The van der Waals surface area contributed by atoms with Gasteiger partial charge in [-0.3, -0.25) is 9.59 Å². The van der Waals surface area contributed by atoms with Crippen LogP contribution in [0, 0.1) is 0 Å². The molecule has 0 bridgehead atoms. The Hall–Kier alpha value is -3.22. The maximum atomic E-state index is 12.3. The predicted molar refractivity (Wildman–Crippen MR) is 126 cm³/mol.